The van der Waals surface area contributed by atoms with E-state index in [1.165, 1.54) is 5.56 Å². The second-order valence-electron chi connectivity index (χ2n) is 7.83. The molecule has 0 radical (unpaired) electrons. The molecule has 170 valence electrons. The Hall–Kier alpha value is -3.68. The minimum atomic E-state index is -0.425. The summed E-state index contributed by atoms with van der Waals surface area (Å²) in [4.78, 5) is 17.3. The van der Waals surface area contributed by atoms with Gasteiger partial charge in [0.05, 0.1) is 10.6 Å². The first kappa shape index (κ1) is 22.1. The van der Waals surface area contributed by atoms with Crippen molar-refractivity contribution in [3.05, 3.63) is 82.6 Å². The summed E-state index contributed by atoms with van der Waals surface area (Å²) in [6.45, 7) is 3.93. The SMILES string of the molecule is CCc1ccc2oc(-c3cc(NC(=S)NC(=O)c4oc5ccccc5c4C)ccc3Cl)nc2c1. The molecule has 0 atom stereocenters. The van der Waals surface area contributed by atoms with Gasteiger partial charge in [-0.2, -0.15) is 0 Å². The van der Waals surface area contributed by atoms with Gasteiger partial charge in [0, 0.05) is 16.6 Å². The van der Waals surface area contributed by atoms with Crippen LogP contribution in [-0.2, 0) is 6.42 Å². The van der Waals surface area contributed by atoms with E-state index in [1.807, 2.05) is 49.4 Å². The molecule has 2 heterocycles. The number of amides is 1. The first-order chi connectivity index (χ1) is 16.4. The third-order valence-corrected chi connectivity index (χ3v) is 6.13. The minimum Gasteiger partial charge on any atom is -0.451 e. The number of rotatable bonds is 4. The molecule has 8 heteroatoms. The number of carbonyl (C=O) groups excluding carboxylic acids is 1. The summed E-state index contributed by atoms with van der Waals surface area (Å²) >= 11 is 11.8. The van der Waals surface area contributed by atoms with Crippen molar-refractivity contribution in [3.8, 4) is 11.5 Å². The number of furan rings is 1. The van der Waals surface area contributed by atoms with Gasteiger partial charge in [0.2, 0.25) is 5.89 Å². The molecule has 0 spiro atoms. The number of anilines is 1. The highest BCUT2D eigenvalue weighted by Crippen LogP contribution is 2.32. The van der Waals surface area contributed by atoms with Crippen molar-refractivity contribution in [3.63, 3.8) is 0 Å². The Morgan fingerprint density at radius 3 is 2.68 bits per heavy atom. The number of carbonyl (C=O) groups is 1. The number of benzene rings is 3. The second kappa shape index (κ2) is 8.93. The molecule has 0 bridgehead atoms. The average Bonchev–Trinajstić information content (AvgIpc) is 3.41. The highest BCUT2D eigenvalue weighted by atomic mass is 35.5. The number of nitrogens with zero attached hydrogens (tertiary/aromatic N) is 1. The van der Waals surface area contributed by atoms with E-state index in [9.17, 15) is 4.79 Å². The van der Waals surface area contributed by atoms with Crippen LogP contribution in [0.5, 0.6) is 0 Å². The predicted molar refractivity (Wildman–Crippen MR) is 138 cm³/mol. The lowest BCUT2D eigenvalue weighted by Crippen LogP contribution is -2.34. The molecule has 0 saturated heterocycles. The lowest BCUT2D eigenvalue weighted by atomic mass is 10.1. The van der Waals surface area contributed by atoms with E-state index in [0.29, 0.717) is 33.3 Å². The van der Waals surface area contributed by atoms with Gasteiger partial charge in [-0.15, -0.1) is 0 Å². The summed E-state index contributed by atoms with van der Waals surface area (Å²) in [7, 11) is 0. The third-order valence-electron chi connectivity index (χ3n) is 5.59. The van der Waals surface area contributed by atoms with Crippen molar-refractivity contribution in [1.29, 1.82) is 0 Å². The van der Waals surface area contributed by atoms with Gasteiger partial charge in [0.1, 0.15) is 11.1 Å². The van der Waals surface area contributed by atoms with Gasteiger partial charge in [-0.3, -0.25) is 10.1 Å². The number of hydrogen-bond donors (Lipinski definition) is 2. The van der Waals surface area contributed by atoms with Crippen molar-refractivity contribution >= 4 is 62.6 Å². The zero-order valence-electron chi connectivity index (χ0n) is 18.4. The number of halogens is 1. The second-order valence-corrected chi connectivity index (χ2v) is 8.65. The Balaban J connectivity index is 1.35. The van der Waals surface area contributed by atoms with Crippen LogP contribution in [0.4, 0.5) is 5.69 Å². The quantitative estimate of drug-likeness (QED) is 0.267. The third kappa shape index (κ3) is 4.16. The monoisotopic (exact) mass is 489 g/mol. The molecule has 5 aromatic rings. The van der Waals surface area contributed by atoms with Gasteiger partial charge in [-0.25, -0.2) is 4.98 Å². The summed E-state index contributed by atoms with van der Waals surface area (Å²) in [5, 5.41) is 7.19. The molecule has 2 N–H and O–H groups in total. The summed E-state index contributed by atoms with van der Waals surface area (Å²) in [6.07, 6.45) is 0.912. The van der Waals surface area contributed by atoms with Crippen LogP contribution >= 0.6 is 23.8 Å². The first-order valence-corrected chi connectivity index (χ1v) is 11.5. The molecule has 3 aromatic carbocycles. The van der Waals surface area contributed by atoms with E-state index in [2.05, 4.69) is 22.5 Å². The van der Waals surface area contributed by atoms with E-state index in [1.54, 1.807) is 18.2 Å². The largest absolute Gasteiger partial charge is 0.451 e. The summed E-state index contributed by atoms with van der Waals surface area (Å²) in [5.74, 6) is 0.205. The Labute approximate surface area is 205 Å². The Kier molecular flexibility index (Phi) is 5.81. The van der Waals surface area contributed by atoms with E-state index in [0.717, 1.165) is 22.9 Å². The van der Waals surface area contributed by atoms with Crippen LogP contribution < -0.4 is 10.6 Å². The van der Waals surface area contributed by atoms with Crippen molar-refractivity contribution in [1.82, 2.24) is 10.3 Å². The molecule has 0 aliphatic rings. The van der Waals surface area contributed by atoms with Gasteiger partial charge in [-0.05, 0) is 67.5 Å². The van der Waals surface area contributed by atoms with Crippen molar-refractivity contribution in [2.24, 2.45) is 0 Å². The van der Waals surface area contributed by atoms with E-state index >= 15 is 0 Å². The average molecular weight is 490 g/mol. The van der Waals surface area contributed by atoms with Crippen molar-refractivity contribution in [2.45, 2.75) is 20.3 Å². The lowest BCUT2D eigenvalue weighted by Gasteiger charge is -2.10. The maximum atomic E-state index is 12.8. The molecule has 0 saturated carbocycles. The zero-order chi connectivity index (χ0) is 23.8. The number of hydrogen-bond acceptors (Lipinski definition) is 5. The van der Waals surface area contributed by atoms with Crippen LogP contribution in [0.2, 0.25) is 5.02 Å². The number of para-hydroxylation sites is 1. The predicted octanol–water partition coefficient (Wildman–Crippen LogP) is 6.89. The number of thiocarbonyl (C=S) groups is 1. The number of oxazole rings is 1. The fourth-order valence-corrected chi connectivity index (χ4v) is 4.20. The van der Waals surface area contributed by atoms with Gasteiger partial charge >= 0.3 is 0 Å². The summed E-state index contributed by atoms with van der Waals surface area (Å²) < 4.78 is 11.6. The number of aromatic nitrogens is 1. The van der Waals surface area contributed by atoms with Crippen LogP contribution in [0.3, 0.4) is 0 Å². The number of nitrogens with one attached hydrogen (secondary N) is 2. The zero-order valence-corrected chi connectivity index (χ0v) is 20.0. The maximum absolute atomic E-state index is 12.8. The van der Waals surface area contributed by atoms with E-state index in [-0.39, 0.29) is 10.9 Å². The molecule has 5 rings (SSSR count). The first-order valence-electron chi connectivity index (χ1n) is 10.7. The Bertz CT molecular complexity index is 1570. The van der Waals surface area contributed by atoms with Gasteiger partial charge < -0.3 is 14.2 Å². The van der Waals surface area contributed by atoms with Crippen LogP contribution in [-0.4, -0.2) is 16.0 Å². The Morgan fingerprint density at radius 2 is 1.88 bits per heavy atom. The molecule has 0 fully saturated rings. The molecular weight excluding hydrogens is 470 g/mol. The molecule has 0 unspecified atom stereocenters. The smallest absolute Gasteiger partial charge is 0.293 e. The van der Waals surface area contributed by atoms with Crippen molar-refractivity contribution in [2.75, 3.05) is 5.32 Å². The van der Waals surface area contributed by atoms with Gasteiger partial charge in [-0.1, -0.05) is 42.8 Å². The van der Waals surface area contributed by atoms with E-state index in [4.69, 9.17) is 32.7 Å². The highest BCUT2D eigenvalue weighted by Gasteiger charge is 2.19. The normalized spacial score (nSPS) is 11.1. The highest BCUT2D eigenvalue weighted by molar-refractivity contribution is 7.80. The van der Waals surface area contributed by atoms with Crippen LogP contribution in [0.15, 0.2) is 69.5 Å². The fourth-order valence-electron chi connectivity index (χ4n) is 3.79. The molecule has 6 nitrogen and oxygen atoms in total. The summed E-state index contributed by atoms with van der Waals surface area (Å²) in [6, 6.07) is 18.7. The molecular formula is C26H20ClN3O3S. The molecule has 1 amide bonds. The standard InChI is InChI=1S/C26H20ClN3O3S/c1-3-15-8-11-22-20(12-15)29-25(33-22)18-13-16(9-10-19(18)27)28-26(34)30-24(31)23-14(2)17-6-4-5-7-21(17)32-23/h4-13H,3H2,1-2H3,(H2,28,30,31,34). The van der Waals surface area contributed by atoms with Crippen molar-refractivity contribution < 1.29 is 13.6 Å². The van der Waals surface area contributed by atoms with Gasteiger partial charge in [0.15, 0.2) is 16.5 Å². The van der Waals surface area contributed by atoms with Crippen LogP contribution in [0, 0.1) is 6.92 Å². The van der Waals surface area contributed by atoms with Crippen LogP contribution in [0.25, 0.3) is 33.5 Å². The fraction of sp³-hybridized carbons (Fsp3) is 0.115. The van der Waals surface area contributed by atoms with Gasteiger partial charge in [0.25, 0.3) is 5.91 Å². The minimum absolute atomic E-state index is 0.128. The lowest BCUT2D eigenvalue weighted by molar-refractivity contribution is 0.0952. The maximum Gasteiger partial charge on any atom is 0.293 e. The summed E-state index contributed by atoms with van der Waals surface area (Å²) in [5.41, 5.74) is 5.28. The molecule has 0 aliphatic heterocycles. The molecule has 34 heavy (non-hydrogen) atoms. The van der Waals surface area contributed by atoms with E-state index < -0.39 is 5.91 Å². The number of aryl methyl sites for hydroxylation is 2. The van der Waals surface area contributed by atoms with Crippen LogP contribution in [0.1, 0.15) is 28.6 Å². The topological polar surface area (TPSA) is 80.3 Å². The number of fused-ring (bicyclic) bond motifs is 2. The molecule has 2 aromatic heterocycles. The molecule has 0 aliphatic carbocycles. The Morgan fingerprint density at radius 1 is 1.06 bits per heavy atom.